The van der Waals surface area contributed by atoms with Crippen LogP contribution in [0.3, 0.4) is 0 Å². The first-order valence-electron chi connectivity index (χ1n) is 8.98. The fourth-order valence-electron chi connectivity index (χ4n) is 3.07. The molecule has 1 fully saturated rings. The van der Waals surface area contributed by atoms with Crippen LogP contribution in [0.5, 0.6) is 0 Å². The highest BCUT2D eigenvalue weighted by Crippen LogP contribution is 2.23. The molecule has 3 aromatic rings. The third-order valence-electron chi connectivity index (χ3n) is 4.53. The van der Waals surface area contributed by atoms with Crippen molar-refractivity contribution in [3.05, 3.63) is 42.3 Å². The van der Waals surface area contributed by atoms with E-state index in [0.29, 0.717) is 36.1 Å². The summed E-state index contributed by atoms with van der Waals surface area (Å²) in [6.07, 6.45) is 9.13. The van der Waals surface area contributed by atoms with Crippen LogP contribution in [0.4, 0.5) is 0 Å². The second-order valence-corrected chi connectivity index (χ2v) is 6.38. The molecule has 1 amide bonds. The number of rotatable bonds is 5. The van der Waals surface area contributed by atoms with E-state index < -0.39 is 0 Å². The molecule has 0 aliphatic carbocycles. The maximum Gasteiger partial charge on any atom is 0.280 e. The van der Waals surface area contributed by atoms with Gasteiger partial charge in [-0.05, 0) is 31.1 Å². The Labute approximate surface area is 155 Å². The predicted octanol–water partition coefficient (Wildman–Crippen LogP) is 2.36. The van der Waals surface area contributed by atoms with Gasteiger partial charge in [-0.1, -0.05) is 17.3 Å². The molecule has 0 N–H and O–H groups in total. The minimum absolute atomic E-state index is 0.0408. The van der Waals surface area contributed by atoms with Gasteiger partial charge in [0.2, 0.25) is 5.91 Å². The van der Waals surface area contributed by atoms with Crippen molar-refractivity contribution in [3.63, 3.8) is 0 Å². The van der Waals surface area contributed by atoms with E-state index in [2.05, 4.69) is 20.5 Å². The molecule has 4 rings (SSSR count). The van der Waals surface area contributed by atoms with E-state index in [1.54, 1.807) is 41.4 Å². The highest BCUT2D eigenvalue weighted by molar-refractivity contribution is 5.91. The van der Waals surface area contributed by atoms with Crippen molar-refractivity contribution in [2.75, 3.05) is 13.1 Å². The molecule has 140 valence electrons. The normalized spacial score (nSPS) is 17.7. The summed E-state index contributed by atoms with van der Waals surface area (Å²) in [4.78, 5) is 18.5. The topological polar surface area (TPSA) is 103 Å². The van der Waals surface area contributed by atoms with Gasteiger partial charge in [-0.25, -0.2) is 4.68 Å². The van der Waals surface area contributed by atoms with E-state index in [0.717, 1.165) is 19.4 Å². The molecule has 1 atom stereocenters. The number of likely N-dealkylation sites (tertiary alicyclic amines) is 1. The Balaban J connectivity index is 1.43. The zero-order valence-electron chi connectivity index (χ0n) is 15.0. The Morgan fingerprint density at radius 1 is 1.44 bits per heavy atom. The van der Waals surface area contributed by atoms with E-state index in [9.17, 15) is 4.79 Å². The lowest BCUT2D eigenvalue weighted by Gasteiger charge is -2.31. The lowest BCUT2D eigenvalue weighted by Crippen LogP contribution is -2.40. The number of piperidine rings is 1. The van der Waals surface area contributed by atoms with Crippen molar-refractivity contribution in [1.82, 2.24) is 30.0 Å². The Morgan fingerprint density at radius 3 is 3.15 bits per heavy atom. The third kappa shape index (κ3) is 3.81. The predicted molar refractivity (Wildman–Crippen MR) is 95.3 cm³/mol. The third-order valence-corrected chi connectivity index (χ3v) is 4.53. The van der Waals surface area contributed by atoms with Crippen LogP contribution < -0.4 is 0 Å². The van der Waals surface area contributed by atoms with Gasteiger partial charge in [0.05, 0.1) is 18.5 Å². The van der Waals surface area contributed by atoms with E-state index in [-0.39, 0.29) is 11.9 Å². The molecule has 9 heteroatoms. The molecule has 1 unspecified atom stereocenters. The maximum absolute atomic E-state index is 12.5. The van der Waals surface area contributed by atoms with Crippen LogP contribution >= 0.6 is 0 Å². The molecular formula is C18H20N6O3. The van der Waals surface area contributed by atoms with Gasteiger partial charge in [0.1, 0.15) is 5.76 Å². The first-order valence-corrected chi connectivity index (χ1v) is 8.98. The second-order valence-electron chi connectivity index (χ2n) is 6.38. The number of hydrogen-bond acceptors (Lipinski definition) is 7. The Bertz CT molecular complexity index is 927. The molecule has 0 saturated carbocycles. The highest BCUT2D eigenvalue weighted by atomic mass is 16.5. The molecule has 1 saturated heterocycles. The van der Waals surface area contributed by atoms with Crippen molar-refractivity contribution < 1.29 is 13.7 Å². The summed E-state index contributed by atoms with van der Waals surface area (Å²) in [7, 11) is 0. The molecule has 4 heterocycles. The van der Waals surface area contributed by atoms with Crippen LogP contribution in [-0.4, -0.2) is 49.0 Å². The quantitative estimate of drug-likeness (QED) is 0.637. The number of hydrogen-bond donors (Lipinski definition) is 0. The van der Waals surface area contributed by atoms with E-state index in [1.165, 1.54) is 0 Å². The van der Waals surface area contributed by atoms with Gasteiger partial charge in [-0.3, -0.25) is 4.79 Å². The van der Waals surface area contributed by atoms with Crippen molar-refractivity contribution in [1.29, 1.82) is 0 Å². The number of carbonyl (C=O) groups is 1. The smallest absolute Gasteiger partial charge is 0.280 e. The fraction of sp³-hybridized carbons (Fsp3) is 0.389. The number of furan rings is 1. The Morgan fingerprint density at radius 2 is 2.37 bits per heavy atom. The fourth-order valence-corrected chi connectivity index (χ4v) is 3.07. The van der Waals surface area contributed by atoms with Crippen LogP contribution in [0.1, 0.15) is 37.4 Å². The molecule has 9 nitrogen and oxygen atoms in total. The van der Waals surface area contributed by atoms with Gasteiger partial charge in [-0.2, -0.15) is 4.98 Å². The first-order chi connectivity index (χ1) is 13.2. The summed E-state index contributed by atoms with van der Waals surface area (Å²) in [5.41, 5.74) is 0.545. The molecule has 0 spiro atoms. The molecule has 3 aromatic heterocycles. The molecule has 1 aliphatic rings. The van der Waals surface area contributed by atoms with Crippen LogP contribution in [0, 0.1) is 0 Å². The monoisotopic (exact) mass is 368 g/mol. The molecular weight excluding hydrogens is 348 g/mol. The summed E-state index contributed by atoms with van der Waals surface area (Å²) in [6.45, 7) is 3.26. The van der Waals surface area contributed by atoms with Gasteiger partial charge in [0.15, 0.2) is 11.5 Å². The summed E-state index contributed by atoms with van der Waals surface area (Å²) < 4.78 is 12.2. The molecule has 0 aromatic carbocycles. The summed E-state index contributed by atoms with van der Waals surface area (Å²) in [5.74, 6) is 1.62. The van der Waals surface area contributed by atoms with Gasteiger partial charge >= 0.3 is 0 Å². The van der Waals surface area contributed by atoms with Crippen molar-refractivity contribution >= 4 is 12.0 Å². The summed E-state index contributed by atoms with van der Waals surface area (Å²) >= 11 is 0. The minimum Gasteiger partial charge on any atom is -0.465 e. The van der Waals surface area contributed by atoms with E-state index in [1.807, 2.05) is 11.8 Å². The number of amides is 1. The number of aryl methyl sites for hydroxylation is 1. The molecule has 0 radical (unpaired) electrons. The van der Waals surface area contributed by atoms with E-state index in [4.69, 9.17) is 8.94 Å². The molecule has 0 bridgehead atoms. The first kappa shape index (κ1) is 17.2. The Kier molecular flexibility index (Phi) is 4.82. The summed E-state index contributed by atoms with van der Waals surface area (Å²) in [5, 5.41) is 12.2. The number of aromatic nitrogens is 5. The number of carbonyl (C=O) groups excluding carboxylic acids is 1. The minimum atomic E-state index is -0.0408. The van der Waals surface area contributed by atoms with E-state index >= 15 is 0 Å². The van der Waals surface area contributed by atoms with Gasteiger partial charge in [0.25, 0.3) is 5.89 Å². The average Bonchev–Trinajstić information content (AvgIpc) is 3.47. The van der Waals surface area contributed by atoms with Crippen LogP contribution in [0.15, 0.2) is 39.6 Å². The largest absolute Gasteiger partial charge is 0.465 e. The zero-order chi connectivity index (χ0) is 18.6. The van der Waals surface area contributed by atoms with Crippen LogP contribution in [-0.2, 0) is 11.2 Å². The standard InChI is InChI=1S/C18H20N6O3/c1-2-16-19-18(27-21-16)15-12-24(22-20-15)13-5-3-9-23(11-13)17(25)8-7-14-6-4-10-26-14/h4,6-8,10,12-13H,2-3,5,9,11H2,1H3. The molecule has 1 aliphatic heterocycles. The van der Waals surface area contributed by atoms with Crippen LogP contribution in [0.2, 0.25) is 0 Å². The average molecular weight is 368 g/mol. The lowest BCUT2D eigenvalue weighted by atomic mass is 10.1. The second kappa shape index (κ2) is 7.56. The highest BCUT2D eigenvalue weighted by Gasteiger charge is 2.25. The van der Waals surface area contributed by atoms with Gasteiger partial charge < -0.3 is 13.8 Å². The zero-order valence-corrected chi connectivity index (χ0v) is 15.0. The molecule has 27 heavy (non-hydrogen) atoms. The lowest BCUT2D eigenvalue weighted by molar-refractivity contribution is -0.127. The van der Waals surface area contributed by atoms with Gasteiger partial charge in [-0.15, -0.1) is 5.10 Å². The van der Waals surface area contributed by atoms with Crippen LogP contribution in [0.25, 0.3) is 17.7 Å². The van der Waals surface area contributed by atoms with Crippen molar-refractivity contribution in [2.45, 2.75) is 32.2 Å². The Hall–Kier alpha value is -3.23. The SMILES string of the molecule is CCc1noc(-c2cn(C3CCCN(C(=O)C=Cc4ccco4)C3)nn2)n1. The van der Waals surface area contributed by atoms with Crippen molar-refractivity contribution in [3.8, 4) is 11.6 Å². The summed E-state index contributed by atoms with van der Waals surface area (Å²) in [6, 6.07) is 3.66. The van der Waals surface area contributed by atoms with Gasteiger partial charge in [0, 0.05) is 25.6 Å². The maximum atomic E-state index is 12.5. The van der Waals surface area contributed by atoms with Crippen molar-refractivity contribution in [2.24, 2.45) is 0 Å². The number of nitrogens with zero attached hydrogens (tertiary/aromatic N) is 6.